The number of nitrogens with one attached hydrogen (secondary N) is 1. The van der Waals surface area contributed by atoms with Gasteiger partial charge in [0.25, 0.3) is 10.0 Å². The van der Waals surface area contributed by atoms with Crippen molar-refractivity contribution in [2.24, 2.45) is 0 Å². The van der Waals surface area contributed by atoms with Gasteiger partial charge in [0.15, 0.2) is 0 Å². The maximum absolute atomic E-state index is 14.6. The highest BCUT2D eigenvalue weighted by atomic mass is 32.2. The van der Waals surface area contributed by atoms with E-state index >= 15 is 0 Å². The first-order valence-electron chi connectivity index (χ1n) is 15.0. The lowest BCUT2D eigenvalue weighted by molar-refractivity contribution is -0.140. The van der Waals surface area contributed by atoms with Crippen molar-refractivity contribution in [2.75, 3.05) is 24.5 Å². The quantitative estimate of drug-likeness (QED) is 0.194. The molecule has 4 aromatic rings. The average Bonchev–Trinajstić information content (AvgIpc) is 3.05. The number of benzene rings is 4. The van der Waals surface area contributed by atoms with Crippen LogP contribution in [0.15, 0.2) is 108 Å². The molecule has 0 aromatic heterocycles. The SMILES string of the molecule is CCCNC(=O)[C@@H](Cc1ccccc1)N(Cc1ccccc1C)C(=O)CN(c1cc(C)ccc1OC)S(=O)(=O)c1ccccc1. The summed E-state index contributed by atoms with van der Waals surface area (Å²) >= 11 is 0. The Bertz CT molecular complexity index is 1690. The van der Waals surface area contributed by atoms with Crippen molar-refractivity contribution in [3.05, 3.63) is 125 Å². The Kier molecular flexibility index (Phi) is 11.4. The summed E-state index contributed by atoms with van der Waals surface area (Å²) in [4.78, 5) is 29.9. The van der Waals surface area contributed by atoms with Gasteiger partial charge in [0, 0.05) is 19.5 Å². The van der Waals surface area contributed by atoms with E-state index < -0.39 is 28.5 Å². The Morgan fingerprint density at radius 1 is 0.867 bits per heavy atom. The van der Waals surface area contributed by atoms with Crippen LogP contribution in [0.1, 0.15) is 35.6 Å². The highest BCUT2D eigenvalue weighted by molar-refractivity contribution is 7.92. The third-order valence-corrected chi connectivity index (χ3v) is 9.41. The van der Waals surface area contributed by atoms with Gasteiger partial charge >= 0.3 is 0 Å². The van der Waals surface area contributed by atoms with E-state index in [1.54, 1.807) is 30.3 Å². The molecule has 1 atom stereocenters. The summed E-state index contributed by atoms with van der Waals surface area (Å²) < 4.78 is 35.1. The van der Waals surface area contributed by atoms with Gasteiger partial charge in [-0.05, 0) is 66.8 Å². The van der Waals surface area contributed by atoms with Crippen molar-refractivity contribution in [3.8, 4) is 5.75 Å². The maximum atomic E-state index is 14.6. The summed E-state index contributed by atoms with van der Waals surface area (Å²) in [6.45, 7) is 5.78. The van der Waals surface area contributed by atoms with Gasteiger partial charge in [-0.2, -0.15) is 0 Å². The van der Waals surface area contributed by atoms with E-state index in [4.69, 9.17) is 4.74 Å². The molecule has 4 rings (SSSR count). The molecule has 0 aliphatic heterocycles. The standard InChI is InChI=1S/C36H41N3O5S/c1-5-22-37-36(41)33(24-29-15-8-6-9-16-29)38(25-30-17-13-12-14-28(30)3)35(40)26-39(32-23-27(2)20-21-34(32)44-4)45(42,43)31-18-10-7-11-19-31/h6-21,23,33H,5,22,24-26H2,1-4H3,(H,37,41)/t33-/m1/s1. The summed E-state index contributed by atoms with van der Waals surface area (Å²) in [6, 6.07) is 29.5. The number of methoxy groups -OCH3 is 1. The summed E-state index contributed by atoms with van der Waals surface area (Å²) in [5.41, 5.74) is 3.73. The third-order valence-electron chi connectivity index (χ3n) is 7.64. The van der Waals surface area contributed by atoms with Crippen LogP contribution in [-0.4, -0.2) is 51.4 Å². The Hall–Kier alpha value is -4.63. The van der Waals surface area contributed by atoms with E-state index in [9.17, 15) is 18.0 Å². The summed E-state index contributed by atoms with van der Waals surface area (Å²) in [5, 5.41) is 2.97. The molecule has 45 heavy (non-hydrogen) atoms. The minimum Gasteiger partial charge on any atom is -0.495 e. The largest absolute Gasteiger partial charge is 0.495 e. The molecule has 0 unspecified atom stereocenters. The molecule has 0 bridgehead atoms. The lowest BCUT2D eigenvalue weighted by Crippen LogP contribution is -2.53. The molecule has 9 heteroatoms. The van der Waals surface area contributed by atoms with E-state index in [1.165, 1.54) is 24.1 Å². The van der Waals surface area contributed by atoms with Crippen LogP contribution in [0.25, 0.3) is 0 Å². The zero-order valence-corrected chi connectivity index (χ0v) is 27.1. The van der Waals surface area contributed by atoms with Crippen molar-refractivity contribution in [1.82, 2.24) is 10.2 Å². The first-order chi connectivity index (χ1) is 21.6. The van der Waals surface area contributed by atoms with Gasteiger partial charge in [0.05, 0.1) is 17.7 Å². The van der Waals surface area contributed by atoms with Crippen molar-refractivity contribution < 1.29 is 22.7 Å². The Morgan fingerprint density at radius 2 is 1.51 bits per heavy atom. The average molecular weight is 628 g/mol. The number of nitrogens with zero attached hydrogens (tertiary/aromatic N) is 2. The van der Waals surface area contributed by atoms with Crippen molar-refractivity contribution in [2.45, 2.75) is 51.1 Å². The molecule has 0 heterocycles. The minimum atomic E-state index is -4.23. The molecule has 8 nitrogen and oxygen atoms in total. The molecule has 0 spiro atoms. The second-order valence-corrected chi connectivity index (χ2v) is 12.8. The van der Waals surface area contributed by atoms with Gasteiger partial charge in [-0.15, -0.1) is 0 Å². The zero-order valence-electron chi connectivity index (χ0n) is 26.3. The first kappa shape index (κ1) is 33.3. The third kappa shape index (κ3) is 8.30. The number of amides is 2. The van der Waals surface area contributed by atoms with Gasteiger partial charge in [-0.1, -0.05) is 85.8 Å². The van der Waals surface area contributed by atoms with Gasteiger partial charge < -0.3 is 15.0 Å². The molecule has 0 aliphatic rings. The van der Waals surface area contributed by atoms with Crippen LogP contribution >= 0.6 is 0 Å². The minimum absolute atomic E-state index is 0.0355. The van der Waals surface area contributed by atoms with E-state index in [0.29, 0.717) is 12.3 Å². The highest BCUT2D eigenvalue weighted by Crippen LogP contribution is 2.34. The number of rotatable bonds is 14. The number of hydrogen-bond donors (Lipinski definition) is 1. The number of anilines is 1. The zero-order chi connectivity index (χ0) is 32.4. The fourth-order valence-corrected chi connectivity index (χ4v) is 6.56. The second kappa shape index (κ2) is 15.4. The molecular weight excluding hydrogens is 586 g/mol. The van der Waals surface area contributed by atoms with Crippen molar-refractivity contribution in [1.29, 1.82) is 0 Å². The van der Waals surface area contributed by atoms with E-state index in [1.807, 2.05) is 81.4 Å². The lowest BCUT2D eigenvalue weighted by atomic mass is 10.0. The number of sulfonamides is 1. The number of hydrogen-bond acceptors (Lipinski definition) is 5. The fourth-order valence-electron chi connectivity index (χ4n) is 5.12. The van der Waals surface area contributed by atoms with Gasteiger partial charge in [-0.25, -0.2) is 8.42 Å². The van der Waals surface area contributed by atoms with E-state index in [-0.39, 0.29) is 29.5 Å². The Balaban J connectivity index is 1.85. The number of aryl methyl sites for hydroxylation is 2. The van der Waals surface area contributed by atoms with Crippen LogP contribution in [0.5, 0.6) is 5.75 Å². The molecule has 0 aliphatic carbocycles. The summed E-state index contributed by atoms with van der Waals surface area (Å²) in [7, 11) is -2.77. The molecule has 1 N–H and O–H groups in total. The van der Waals surface area contributed by atoms with Crippen LogP contribution in [0, 0.1) is 13.8 Å². The van der Waals surface area contributed by atoms with Crippen LogP contribution < -0.4 is 14.4 Å². The molecule has 0 saturated heterocycles. The van der Waals surface area contributed by atoms with Crippen LogP contribution in [0.4, 0.5) is 5.69 Å². The highest BCUT2D eigenvalue weighted by Gasteiger charge is 2.35. The number of carbonyl (C=O) groups is 2. The second-order valence-electron chi connectivity index (χ2n) is 10.9. The first-order valence-corrected chi connectivity index (χ1v) is 16.5. The van der Waals surface area contributed by atoms with Crippen LogP contribution in [0.2, 0.25) is 0 Å². The maximum Gasteiger partial charge on any atom is 0.264 e. The molecular formula is C36H41N3O5S. The Labute approximate surface area is 266 Å². The lowest BCUT2D eigenvalue weighted by Gasteiger charge is -2.34. The molecule has 2 amide bonds. The van der Waals surface area contributed by atoms with Crippen molar-refractivity contribution >= 4 is 27.5 Å². The monoisotopic (exact) mass is 627 g/mol. The number of carbonyl (C=O) groups excluding carboxylic acids is 2. The number of ether oxygens (including phenoxy) is 1. The van der Waals surface area contributed by atoms with Gasteiger partial charge in [0.1, 0.15) is 18.3 Å². The predicted octanol–water partition coefficient (Wildman–Crippen LogP) is 5.67. The topological polar surface area (TPSA) is 96.0 Å². The van der Waals surface area contributed by atoms with Crippen LogP contribution in [-0.2, 0) is 32.6 Å². The molecule has 236 valence electrons. The van der Waals surface area contributed by atoms with Crippen LogP contribution in [0.3, 0.4) is 0 Å². The van der Waals surface area contributed by atoms with Gasteiger partial charge in [-0.3, -0.25) is 13.9 Å². The van der Waals surface area contributed by atoms with Crippen molar-refractivity contribution in [3.63, 3.8) is 0 Å². The predicted molar refractivity (Wildman–Crippen MR) is 178 cm³/mol. The molecule has 0 radical (unpaired) electrons. The molecule has 4 aromatic carbocycles. The molecule has 0 fully saturated rings. The molecule has 0 saturated carbocycles. The summed E-state index contributed by atoms with van der Waals surface area (Å²) in [6.07, 6.45) is 0.985. The van der Waals surface area contributed by atoms with E-state index in [2.05, 4.69) is 5.32 Å². The summed E-state index contributed by atoms with van der Waals surface area (Å²) in [5.74, 6) is -0.512. The van der Waals surface area contributed by atoms with E-state index in [0.717, 1.165) is 33.0 Å². The normalized spacial score (nSPS) is 11.8. The fraction of sp³-hybridized carbons (Fsp3) is 0.278. The Morgan fingerprint density at radius 3 is 2.16 bits per heavy atom. The smallest absolute Gasteiger partial charge is 0.264 e. The van der Waals surface area contributed by atoms with Gasteiger partial charge in [0.2, 0.25) is 11.8 Å².